The zero-order valence-electron chi connectivity index (χ0n) is 16.9. The highest BCUT2D eigenvalue weighted by atomic mass is 32.2. The maximum Gasteiger partial charge on any atom is 0.261 e. The number of hydrogen-bond donors (Lipinski definition) is 2. The molecule has 0 spiro atoms. The monoisotopic (exact) mass is 438 g/mol. The summed E-state index contributed by atoms with van der Waals surface area (Å²) in [5, 5.41) is 2.78. The van der Waals surface area contributed by atoms with Crippen LogP contribution in [0.3, 0.4) is 0 Å². The van der Waals surface area contributed by atoms with Crippen LogP contribution in [0.15, 0.2) is 77.7 Å². The standard InChI is InChI=1S/C23H22N2O5S/c1-16-6-4-8-18(12-16)25-31(27,28)20-9-5-7-17(13-20)23(26)24-14-19-15-29-21-10-2-3-11-22(21)30-19/h2-13,19,25H,14-15H2,1H3,(H,24,26). The van der Waals surface area contributed by atoms with E-state index in [2.05, 4.69) is 10.0 Å². The number of carbonyl (C=O) groups excluding carboxylic acids is 1. The number of anilines is 1. The third kappa shape index (κ3) is 4.97. The third-order valence-corrected chi connectivity index (χ3v) is 6.11. The summed E-state index contributed by atoms with van der Waals surface area (Å²) in [4.78, 5) is 12.6. The third-order valence-electron chi connectivity index (χ3n) is 4.73. The molecule has 160 valence electrons. The van der Waals surface area contributed by atoms with Gasteiger partial charge in [-0.05, 0) is 55.0 Å². The van der Waals surface area contributed by atoms with Gasteiger partial charge in [-0.25, -0.2) is 8.42 Å². The molecule has 3 aromatic carbocycles. The summed E-state index contributed by atoms with van der Waals surface area (Å²) in [6.07, 6.45) is -0.339. The lowest BCUT2D eigenvalue weighted by Gasteiger charge is -2.26. The molecule has 1 heterocycles. The predicted octanol–water partition coefficient (Wildman–Crippen LogP) is 3.37. The van der Waals surface area contributed by atoms with E-state index in [0.717, 1.165) is 5.56 Å². The topological polar surface area (TPSA) is 93.7 Å². The number of ether oxygens (including phenoxy) is 2. The summed E-state index contributed by atoms with van der Waals surface area (Å²) in [5.41, 5.74) is 1.64. The Labute approximate surface area is 181 Å². The lowest BCUT2D eigenvalue weighted by Crippen LogP contribution is -2.40. The molecule has 0 aliphatic carbocycles. The summed E-state index contributed by atoms with van der Waals surface area (Å²) >= 11 is 0. The van der Waals surface area contributed by atoms with E-state index in [4.69, 9.17) is 9.47 Å². The van der Waals surface area contributed by atoms with Gasteiger partial charge in [0.05, 0.1) is 11.4 Å². The fourth-order valence-corrected chi connectivity index (χ4v) is 4.29. The second-order valence-corrected chi connectivity index (χ2v) is 8.89. The summed E-state index contributed by atoms with van der Waals surface area (Å²) in [5.74, 6) is 0.905. The molecular formula is C23H22N2O5S. The lowest BCUT2D eigenvalue weighted by molar-refractivity contribution is 0.0789. The molecule has 1 aliphatic heterocycles. The first kappa shape index (κ1) is 20.7. The molecule has 1 unspecified atom stereocenters. The first-order chi connectivity index (χ1) is 14.9. The largest absolute Gasteiger partial charge is 0.486 e. The Morgan fingerprint density at radius 1 is 1.00 bits per heavy atom. The van der Waals surface area contributed by atoms with Crippen molar-refractivity contribution < 1.29 is 22.7 Å². The van der Waals surface area contributed by atoms with Crippen LogP contribution >= 0.6 is 0 Å². The minimum Gasteiger partial charge on any atom is -0.486 e. The van der Waals surface area contributed by atoms with Crippen molar-refractivity contribution in [3.63, 3.8) is 0 Å². The first-order valence-electron chi connectivity index (χ1n) is 9.77. The van der Waals surface area contributed by atoms with Gasteiger partial charge in [-0.15, -0.1) is 0 Å². The number of carbonyl (C=O) groups is 1. The van der Waals surface area contributed by atoms with Crippen LogP contribution in [-0.2, 0) is 10.0 Å². The van der Waals surface area contributed by atoms with Gasteiger partial charge in [0, 0.05) is 11.3 Å². The van der Waals surface area contributed by atoms with Crippen molar-refractivity contribution in [3.8, 4) is 11.5 Å². The highest BCUT2D eigenvalue weighted by molar-refractivity contribution is 7.92. The van der Waals surface area contributed by atoms with Crippen molar-refractivity contribution in [2.24, 2.45) is 0 Å². The van der Waals surface area contributed by atoms with Crippen LogP contribution in [0.2, 0.25) is 0 Å². The second-order valence-electron chi connectivity index (χ2n) is 7.21. The molecule has 7 nitrogen and oxygen atoms in total. The Bertz CT molecular complexity index is 1210. The number of sulfonamides is 1. The Morgan fingerprint density at radius 3 is 2.58 bits per heavy atom. The molecular weight excluding hydrogens is 416 g/mol. The van der Waals surface area contributed by atoms with Crippen molar-refractivity contribution in [1.82, 2.24) is 5.32 Å². The first-order valence-corrected chi connectivity index (χ1v) is 11.3. The average molecular weight is 439 g/mol. The minimum atomic E-state index is -3.83. The van der Waals surface area contributed by atoms with Crippen LogP contribution in [0.5, 0.6) is 11.5 Å². The van der Waals surface area contributed by atoms with Crippen LogP contribution in [0.4, 0.5) is 5.69 Å². The fraction of sp³-hybridized carbons (Fsp3) is 0.174. The Morgan fingerprint density at radius 2 is 1.77 bits per heavy atom. The van der Waals surface area contributed by atoms with Crippen molar-refractivity contribution in [2.75, 3.05) is 17.9 Å². The van der Waals surface area contributed by atoms with E-state index in [1.54, 1.807) is 30.3 Å². The number of amides is 1. The van der Waals surface area contributed by atoms with E-state index >= 15 is 0 Å². The van der Waals surface area contributed by atoms with Crippen molar-refractivity contribution >= 4 is 21.6 Å². The number of nitrogens with one attached hydrogen (secondary N) is 2. The Balaban J connectivity index is 1.41. The molecule has 0 saturated carbocycles. The van der Waals surface area contributed by atoms with Crippen molar-refractivity contribution in [2.45, 2.75) is 17.9 Å². The molecule has 8 heteroatoms. The molecule has 2 N–H and O–H groups in total. The zero-order valence-corrected chi connectivity index (χ0v) is 17.7. The molecule has 0 saturated heterocycles. The van der Waals surface area contributed by atoms with Crippen LogP contribution in [0.25, 0.3) is 0 Å². The second kappa shape index (κ2) is 8.69. The van der Waals surface area contributed by atoms with E-state index in [1.165, 1.54) is 18.2 Å². The number of rotatable bonds is 6. The molecule has 0 bridgehead atoms. The lowest BCUT2D eigenvalue weighted by atomic mass is 10.2. The summed E-state index contributed by atoms with van der Waals surface area (Å²) in [6, 6.07) is 20.3. The zero-order chi connectivity index (χ0) is 21.8. The number of benzene rings is 3. The Hall–Kier alpha value is -3.52. The molecule has 1 aliphatic rings. The molecule has 4 rings (SSSR count). The Kier molecular flexibility index (Phi) is 5.81. The number of aryl methyl sites for hydroxylation is 1. The van der Waals surface area contributed by atoms with Crippen molar-refractivity contribution in [1.29, 1.82) is 0 Å². The summed E-state index contributed by atoms with van der Waals surface area (Å²) in [6.45, 7) is 2.42. The van der Waals surface area contributed by atoms with Gasteiger partial charge in [0.15, 0.2) is 11.5 Å². The van der Waals surface area contributed by atoms with Crippen molar-refractivity contribution in [3.05, 3.63) is 83.9 Å². The van der Waals surface area contributed by atoms with Gasteiger partial charge >= 0.3 is 0 Å². The van der Waals surface area contributed by atoms with Crippen LogP contribution in [-0.4, -0.2) is 33.6 Å². The van der Waals surface area contributed by atoms with Gasteiger partial charge in [-0.2, -0.15) is 0 Å². The van der Waals surface area contributed by atoms with E-state index in [9.17, 15) is 13.2 Å². The van der Waals surface area contributed by atoms with E-state index in [1.807, 2.05) is 31.2 Å². The number of para-hydroxylation sites is 2. The summed E-state index contributed by atoms with van der Waals surface area (Å²) in [7, 11) is -3.83. The predicted molar refractivity (Wildman–Crippen MR) is 117 cm³/mol. The molecule has 1 atom stereocenters. The SMILES string of the molecule is Cc1cccc(NS(=O)(=O)c2cccc(C(=O)NCC3COc4ccccc4O3)c2)c1. The number of fused-ring (bicyclic) bond motifs is 1. The van der Waals surface area contributed by atoms with E-state index in [0.29, 0.717) is 23.8 Å². The summed E-state index contributed by atoms with van der Waals surface area (Å²) < 4.78 is 39.5. The van der Waals surface area contributed by atoms with Crippen LogP contribution in [0.1, 0.15) is 15.9 Å². The van der Waals surface area contributed by atoms with Gasteiger partial charge in [0.1, 0.15) is 12.7 Å². The maximum absolute atomic E-state index is 12.7. The maximum atomic E-state index is 12.7. The average Bonchev–Trinajstić information content (AvgIpc) is 2.77. The molecule has 0 radical (unpaired) electrons. The fourth-order valence-electron chi connectivity index (χ4n) is 3.20. The van der Waals surface area contributed by atoms with Crippen LogP contribution < -0.4 is 19.5 Å². The molecule has 1 amide bonds. The highest BCUT2D eigenvalue weighted by Gasteiger charge is 2.22. The smallest absolute Gasteiger partial charge is 0.261 e. The minimum absolute atomic E-state index is 0.00725. The van der Waals surface area contributed by atoms with E-state index in [-0.39, 0.29) is 23.1 Å². The van der Waals surface area contributed by atoms with Gasteiger partial charge < -0.3 is 14.8 Å². The number of hydrogen-bond acceptors (Lipinski definition) is 5. The quantitative estimate of drug-likeness (QED) is 0.616. The van der Waals surface area contributed by atoms with Gasteiger partial charge in [-0.3, -0.25) is 9.52 Å². The van der Waals surface area contributed by atoms with Gasteiger partial charge in [0.25, 0.3) is 15.9 Å². The molecule has 0 aromatic heterocycles. The molecule has 3 aromatic rings. The van der Waals surface area contributed by atoms with Gasteiger partial charge in [0.2, 0.25) is 0 Å². The highest BCUT2D eigenvalue weighted by Crippen LogP contribution is 2.30. The normalized spacial score (nSPS) is 15.2. The van der Waals surface area contributed by atoms with E-state index < -0.39 is 15.9 Å². The molecule has 0 fully saturated rings. The van der Waals surface area contributed by atoms with Crippen LogP contribution in [0, 0.1) is 6.92 Å². The van der Waals surface area contributed by atoms with Gasteiger partial charge in [-0.1, -0.05) is 30.3 Å². The molecule has 31 heavy (non-hydrogen) atoms.